The van der Waals surface area contributed by atoms with Gasteiger partial charge in [-0.3, -0.25) is 9.35 Å². The van der Waals surface area contributed by atoms with Crippen molar-refractivity contribution in [3.63, 3.8) is 0 Å². The Morgan fingerprint density at radius 1 is 1.00 bits per heavy atom. The molecule has 3 N–H and O–H groups in total. The summed E-state index contributed by atoms with van der Waals surface area (Å²) in [5.74, 6) is -0.417. The molecule has 11 heteroatoms. The second-order valence-electron chi connectivity index (χ2n) is 8.21. The zero-order chi connectivity index (χ0) is 27.4. The number of hydrogen-bond acceptors (Lipinski definition) is 7. The molecule has 4 aromatic rings. The molecule has 0 unspecified atom stereocenters. The van der Waals surface area contributed by atoms with E-state index in [1.807, 2.05) is 6.92 Å². The van der Waals surface area contributed by atoms with Gasteiger partial charge in [-0.1, -0.05) is 42.8 Å². The van der Waals surface area contributed by atoms with Gasteiger partial charge in [-0.15, -0.1) is 10.2 Å². The van der Waals surface area contributed by atoms with E-state index in [9.17, 15) is 22.9 Å². The molecule has 0 aliphatic rings. The average molecular weight is 554 g/mol. The third-order valence-electron chi connectivity index (χ3n) is 5.69. The van der Waals surface area contributed by atoms with Gasteiger partial charge >= 0.3 is 0 Å². The van der Waals surface area contributed by atoms with Gasteiger partial charge in [0.15, 0.2) is 5.75 Å². The number of benzene rings is 4. The molecule has 0 heterocycles. The van der Waals surface area contributed by atoms with Crippen molar-refractivity contribution in [2.75, 3.05) is 11.9 Å². The Morgan fingerprint density at radius 2 is 1.68 bits per heavy atom. The highest BCUT2D eigenvalue weighted by molar-refractivity contribution is 7.86. The van der Waals surface area contributed by atoms with E-state index in [2.05, 4.69) is 15.5 Å². The SMILES string of the molecule is CCOc1ccc(NC(=O)c2cc3ccccc3c(N=Nc3c(Cl)cc(CC)cc3S(=O)(=O)O)c2O)cc1. The maximum Gasteiger partial charge on any atom is 0.296 e. The van der Waals surface area contributed by atoms with Crippen LogP contribution in [0.25, 0.3) is 10.8 Å². The number of nitrogens with one attached hydrogen (secondary N) is 1. The Hall–Kier alpha value is -3.99. The van der Waals surface area contributed by atoms with Gasteiger partial charge in [-0.05, 0) is 66.8 Å². The number of azo groups is 1. The van der Waals surface area contributed by atoms with E-state index in [1.165, 1.54) is 18.2 Å². The standard InChI is InChI=1S/C27H24ClN3O6S/c1-3-16-13-22(28)25(23(14-16)38(34,35)36)31-30-24-20-8-6-5-7-17(20)15-21(26(24)32)27(33)29-18-9-11-19(12-10-18)37-4-2/h5-15,32H,3-4H2,1-2H3,(H,29,33)(H,34,35,36). The second kappa shape index (κ2) is 11.2. The van der Waals surface area contributed by atoms with Crippen molar-refractivity contribution in [1.29, 1.82) is 0 Å². The molecule has 38 heavy (non-hydrogen) atoms. The third kappa shape index (κ3) is 5.77. The van der Waals surface area contributed by atoms with E-state index < -0.39 is 26.7 Å². The minimum Gasteiger partial charge on any atom is -0.505 e. The quantitative estimate of drug-likeness (QED) is 0.157. The lowest BCUT2D eigenvalue weighted by molar-refractivity contribution is 0.102. The number of aryl methyl sites for hydroxylation is 1. The molecule has 0 saturated carbocycles. The van der Waals surface area contributed by atoms with Gasteiger partial charge < -0.3 is 15.2 Å². The Balaban J connectivity index is 1.79. The number of halogens is 1. The molecule has 0 aromatic heterocycles. The number of rotatable bonds is 8. The summed E-state index contributed by atoms with van der Waals surface area (Å²) < 4.78 is 39.2. The van der Waals surface area contributed by atoms with Crippen molar-refractivity contribution in [3.05, 3.63) is 82.9 Å². The number of amides is 1. The van der Waals surface area contributed by atoms with E-state index in [-0.39, 0.29) is 22.0 Å². The fraction of sp³-hybridized carbons (Fsp3) is 0.148. The van der Waals surface area contributed by atoms with Crippen molar-refractivity contribution >= 4 is 55.5 Å². The van der Waals surface area contributed by atoms with Crippen LogP contribution >= 0.6 is 11.6 Å². The number of nitrogens with zero attached hydrogens (tertiary/aromatic N) is 2. The lowest BCUT2D eigenvalue weighted by Gasteiger charge is -2.12. The van der Waals surface area contributed by atoms with E-state index >= 15 is 0 Å². The van der Waals surface area contributed by atoms with E-state index in [1.54, 1.807) is 55.5 Å². The summed E-state index contributed by atoms with van der Waals surface area (Å²) in [6, 6.07) is 17.9. The molecule has 0 radical (unpaired) electrons. The summed E-state index contributed by atoms with van der Waals surface area (Å²) in [6.45, 7) is 4.17. The number of anilines is 1. The highest BCUT2D eigenvalue weighted by Crippen LogP contribution is 2.41. The van der Waals surface area contributed by atoms with Crippen molar-refractivity contribution in [2.45, 2.75) is 25.2 Å². The Morgan fingerprint density at radius 3 is 2.34 bits per heavy atom. The minimum atomic E-state index is -4.68. The number of ether oxygens (including phenoxy) is 1. The summed E-state index contributed by atoms with van der Waals surface area (Å²) in [4.78, 5) is 12.6. The van der Waals surface area contributed by atoms with Crippen LogP contribution in [0, 0.1) is 0 Å². The molecule has 0 aliphatic carbocycles. The van der Waals surface area contributed by atoms with Gasteiger partial charge in [-0.25, -0.2) is 0 Å². The first-order chi connectivity index (χ1) is 18.1. The number of aromatic hydroxyl groups is 1. The number of carbonyl (C=O) groups is 1. The molecule has 0 aliphatic heterocycles. The molecule has 196 valence electrons. The van der Waals surface area contributed by atoms with Crippen LogP contribution in [-0.4, -0.2) is 30.6 Å². The van der Waals surface area contributed by atoms with Gasteiger partial charge in [-0.2, -0.15) is 8.42 Å². The van der Waals surface area contributed by atoms with Gasteiger partial charge in [0, 0.05) is 11.1 Å². The van der Waals surface area contributed by atoms with Crippen LogP contribution in [-0.2, 0) is 16.5 Å². The summed E-state index contributed by atoms with van der Waals surface area (Å²) >= 11 is 6.28. The predicted molar refractivity (Wildman–Crippen MR) is 146 cm³/mol. The normalized spacial score (nSPS) is 11.7. The maximum atomic E-state index is 13.1. The van der Waals surface area contributed by atoms with Crippen LogP contribution in [0.3, 0.4) is 0 Å². The zero-order valence-electron chi connectivity index (χ0n) is 20.5. The lowest BCUT2D eigenvalue weighted by Crippen LogP contribution is -2.12. The number of phenols is 1. The van der Waals surface area contributed by atoms with Gasteiger partial charge in [0.25, 0.3) is 16.0 Å². The molecule has 4 rings (SSSR count). The first-order valence-corrected chi connectivity index (χ1v) is 13.4. The summed E-state index contributed by atoms with van der Waals surface area (Å²) in [7, 11) is -4.68. The number of fused-ring (bicyclic) bond motifs is 1. The van der Waals surface area contributed by atoms with E-state index in [0.717, 1.165) is 0 Å². The fourth-order valence-corrected chi connectivity index (χ4v) is 4.85. The van der Waals surface area contributed by atoms with Crippen LogP contribution in [0.4, 0.5) is 17.1 Å². The minimum absolute atomic E-state index is 0.0473. The van der Waals surface area contributed by atoms with Crippen LogP contribution in [0.5, 0.6) is 11.5 Å². The van der Waals surface area contributed by atoms with Crippen LogP contribution in [0.2, 0.25) is 5.02 Å². The lowest BCUT2D eigenvalue weighted by atomic mass is 10.0. The Bertz CT molecular complexity index is 1650. The zero-order valence-corrected chi connectivity index (χ0v) is 22.0. The molecule has 0 atom stereocenters. The molecule has 0 spiro atoms. The Labute approximate surface area is 224 Å². The summed E-state index contributed by atoms with van der Waals surface area (Å²) in [6.07, 6.45) is 0.469. The van der Waals surface area contributed by atoms with Crippen molar-refractivity contribution in [1.82, 2.24) is 0 Å². The number of carbonyl (C=O) groups excluding carboxylic acids is 1. The van der Waals surface area contributed by atoms with Crippen molar-refractivity contribution < 1.29 is 27.6 Å². The fourth-order valence-electron chi connectivity index (χ4n) is 3.82. The van der Waals surface area contributed by atoms with Crippen molar-refractivity contribution in [3.8, 4) is 11.5 Å². The highest BCUT2D eigenvalue weighted by Gasteiger charge is 2.22. The molecule has 0 fully saturated rings. The van der Waals surface area contributed by atoms with Crippen LogP contribution < -0.4 is 10.1 Å². The molecular formula is C27H24ClN3O6S. The van der Waals surface area contributed by atoms with Crippen molar-refractivity contribution in [2.24, 2.45) is 10.2 Å². The van der Waals surface area contributed by atoms with Crippen LogP contribution in [0.1, 0.15) is 29.8 Å². The molecule has 0 bridgehead atoms. The molecule has 9 nitrogen and oxygen atoms in total. The Kier molecular flexibility index (Phi) is 7.96. The summed E-state index contributed by atoms with van der Waals surface area (Å²) in [5.41, 5.74) is 0.613. The first-order valence-electron chi connectivity index (χ1n) is 11.6. The van der Waals surface area contributed by atoms with E-state index in [0.29, 0.717) is 40.8 Å². The van der Waals surface area contributed by atoms with Gasteiger partial charge in [0.2, 0.25) is 0 Å². The highest BCUT2D eigenvalue weighted by atomic mass is 35.5. The topological polar surface area (TPSA) is 138 Å². The largest absolute Gasteiger partial charge is 0.505 e. The molecule has 1 amide bonds. The molecule has 4 aromatic carbocycles. The maximum absolute atomic E-state index is 13.1. The monoisotopic (exact) mass is 553 g/mol. The number of hydrogen-bond donors (Lipinski definition) is 3. The molecule has 0 saturated heterocycles. The smallest absolute Gasteiger partial charge is 0.296 e. The average Bonchev–Trinajstić information content (AvgIpc) is 2.88. The number of phenolic OH excluding ortho intramolecular Hbond substituents is 1. The summed E-state index contributed by atoms with van der Waals surface area (Å²) in [5, 5.41) is 22.9. The second-order valence-corrected chi connectivity index (χ2v) is 10.0. The first kappa shape index (κ1) is 27.1. The van der Waals surface area contributed by atoms with Gasteiger partial charge in [0.1, 0.15) is 22.0 Å². The predicted octanol–water partition coefficient (Wildman–Crippen LogP) is 7.07. The third-order valence-corrected chi connectivity index (χ3v) is 6.84. The van der Waals surface area contributed by atoms with Crippen LogP contribution in [0.15, 0.2) is 81.9 Å². The van der Waals surface area contributed by atoms with Gasteiger partial charge in [0.05, 0.1) is 17.2 Å². The van der Waals surface area contributed by atoms with E-state index in [4.69, 9.17) is 16.3 Å². The molecular weight excluding hydrogens is 530 g/mol.